The lowest BCUT2D eigenvalue weighted by Gasteiger charge is -2.14. The lowest BCUT2D eigenvalue weighted by Crippen LogP contribution is -2.19. The van der Waals surface area contributed by atoms with Gasteiger partial charge in [0.2, 0.25) is 0 Å². The number of ether oxygens (including phenoxy) is 2. The first-order chi connectivity index (χ1) is 9.93. The standard InChI is InChI=1S/C17H26ClNO2/c1-12(2)6-7-21-17-15(18)8-14(9-16(17)20-5)11-19-10-13(3)4/h6,8-9,13,19H,7,10-11H2,1-5H3. The molecule has 3 nitrogen and oxygen atoms in total. The highest BCUT2D eigenvalue weighted by molar-refractivity contribution is 6.32. The Balaban J connectivity index is 2.79. The van der Waals surface area contributed by atoms with Gasteiger partial charge in [-0.2, -0.15) is 0 Å². The summed E-state index contributed by atoms with van der Waals surface area (Å²) in [7, 11) is 1.63. The zero-order valence-corrected chi connectivity index (χ0v) is 14.4. The first-order valence-corrected chi connectivity index (χ1v) is 7.65. The summed E-state index contributed by atoms with van der Waals surface area (Å²) in [6.07, 6.45) is 2.01. The van der Waals surface area contributed by atoms with Crippen LogP contribution in [-0.2, 0) is 6.54 Å². The molecule has 0 atom stereocenters. The van der Waals surface area contributed by atoms with Crippen LogP contribution in [0.2, 0.25) is 5.02 Å². The Kier molecular flexibility index (Phi) is 7.62. The molecular formula is C17H26ClNO2. The summed E-state index contributed by atoms with van der Waals surface area (Å²) < 4.78 is 11.1. The molecule has 0 saturated heterocycles. The first kappa shape index (κ1) is 17.9. The average Bonchev–Trinajstić information content (AvgIpc) is 2.39. The van der Waals surface area contributed by atoms with Crippen molar-refractivity contribution in [2.75, 3.05) is 20.3 Å². The minimum absolute atomic E-state index is 0.489. The number of allylic oxidation sites excluding steroid dienone is 1. The number of rotatable bonds is 8. The molecule has 0 fully saturated rings. The Bertz CT molecular complexity index is 480. The fourth-order valence-electron chi connectivity index (χ4n) is 1.81. The lowest BCUT2D eigenvalue weighted by atomic mass is 10.1. The Hall–Kier alpha value is -1.19. The molecule has 0 aliphatic rings. The molecule has 4 heteroatoms. The average molecular weight is 312 g/mol. The SMILES string of the molecule is COc1cc(CNCC(C)C)cc(Cl)c1OCC=C(C)C. The molecule has 1 aromatic rings. The van der Waals surface area contributed by atoms with Crippen molar-refractivity contribution in [3.63, 3.8) is 0 Å². The summed E-state index contributed by atoms with van der Waals surface area (Å²) in [6, 6.07) is 3.90. The molecule has 1 rings (SSSR count). The van der Waals surface area contributed by atoms with Crippen molar-refractivity contribution in [1.82, 2.24) is 5.32 Å². The third-order valence-electron chi connectivity index (χ3n) is 2.89. The molecule has 0 aliphatic heterocycles. The molecule has 0 radical (unpaired) electrons. The van der Waals surface area contributed by atoms with E-state index in [0.29, 0.717) is 29.0 Å². The predicted octanol–water partition coefficient (Wildman–Crippen LogP) is 4.44. The summed E-state index contributed by atoms with van der Waals surface area (Å²) in [5.74, 6) is 1.89. The van der Waals surface area contributed by atoms with E-state index >= 15 is 0 Å². The summed E-state index contributed by atoms with van der Waals surface area (Å²) in [5, 5.41) is 3.97. The van der Waals surface area contributed by atoms with Crippen molar-refractivity contribution < 1.29 is 9.47 Å². The summed E-state index contributed by atoms with van der Waals surface area (Å²) in [4.78, 5) is 0. The predicted molar refractivity (Wildman–Crippen MR) is 89.5 cm³/mol. The van der Waals surface area contributed by atoms with E-state index in [1.807, 2.05) is 32.1 Å². The molecule has 0 heterocycles. The number of halogens is 1. The van der Waals surface area contributed by atoms with Gasteiger partial charge in [0.05, 0.1) is 12.1 Å². The van der Waals surface area contributed by atoms with Crippen LogP contribution in [-0.4, -0.2) is 20.3 Å². The zero-order valence-electron chi connectivity index (χ0n) is 13.6. The molecule has 1 N–H and O–H groups in total. The summed E-state index contributed by atoms with van der Waals surface area (Å²) >= 11 is 6.32. The molecule has 118 valence electrons. The van der Waals surface area contributed by atoms with Crippen molar-refractivity contribution >= 4 is 11.6 Å². The maximum absolute atomic E-state index is 6.32. The molecule has 0 spiro atoms. The molecule has 0 aliphatic carbocycles. The molecule has 0 unspecified atom stereocenters. The van der Waals surface area contributed by atoms with Crippen LogP contribution in [0.1, 0.15) is 33.3 Å². The molecule has 0 saturated carbocycles. The monoisotopic (exact) mass is 311 g/mol. The van der Waals surface area contributed by atoms with E-state index in [1.54, 1.807) is 7.11 Å². The van der Waals surface area contributed by atoms with Gasteiger partial charge in [-0.05, 0) is 50.1 Å². The normalized spacial score (nSPS) is 10.6. The zero-order chi connectivity index (χ0) is 15.8. The Morgan fingerprint density at radius 3 is 2.62 bits per heavy atom. The van der Waals surface area contributed by atoms with Crippen molar-refractivity contribution in [2.24, 2.45) is 5.92 Å². The third-order valence-corrected chi connectivity index (χ3v) is 3.17. The van der Waals surface area contributed by atoms with Crippen molar-refractivity contribution in [2.45, 2.75) is 34.2 Å². The maximum atomic E-state index is 6.32. The quantitative estimate of drug-likeness (QED) is 0.720. The second-order valence-electron chi connectivity index (χ2n) is 5.73. The van der Waals surface area contributed by atoms with E-state index in [9.17, 15) is 0 Å². The van der Waals surface area contributed by atoms with Crippen molar-refractivity contribution in [1.29, 1.82) is 0 Å². The number of nitrogens with one attached hydrogen (secondary N) is 1. The highest BCUT2D eigenvalue weighted by Gasteiger charge is 2.11. The third kappa shape index (κ3) is 6.40. The molecule has 0 amide bonds. The molecule has 0 bridgehead atoms. The molecule has 0 aromatic heterocycles. The van der Waals surface area contributed by atoms with Gasteiger partial charge < -0.3 is 14.8 Å². The maximum Gasteiger partial charge on any atom is 0.180 e. The van der Waals surface area contributed by atoms with E-state index < -0.39 is 0 Å². The lowest BCUT2D eigenvalue weighted by molar-refractivity contribution is 0.325. The Labute approximate surface area is 133 Å². The van der Waals surface area contributed by atoms with E-state index in [0.717, 1.165) is 18.7 Å². The summed E-state index contributed by atoms with van der Waals surface area (Å²) in [6.45, 7) is 10.7. The van der Waals surface area contributed by atoms with Crippen molar-refractivity contribution in [3.8, 4) is 11.5 Å². The fraction of sp³-hybridized carbons (Fsp3) is 0.529. The minimum atomic E-state index is 0.489. The Morgan fingerprint density at radius 2 is 2.05 bits per heavy atom. The van der Waals surface area contributed by atoms with Gasteiger partial charge in [0, 0.05) is 6.54 Å². The largest absolute Gasteiger partial charge is 0.493 e. The minimum Gasteiger partial charge on any atom is -0.493 e. The fourth-order valence-corrected chi connectivity index (χ4v) is 2.10. The van der Waals surface area contributed by atoms with Gasteiger partial charge >= 0.3 is 0 Å². The summed E-state index contributed by atoms with van der Waals surface area (Å²) in [5.41, 5.74) is 2.30. The topological polar surface area (TPSA) is 30.5 Å². The second-order valence-corrected chi connectivity index (χ2v) is 6.13. The van der Waals surface area contributed by atoms with E-state index in [1.165, 1.54) is 5.57 Å². The van der Waals surface area contributed by atoms with Gasteiger partial charge in [0.25, 0.3) is 0 Å². The highest BCUT2D eigenvalue weighted by Crippen LogP contribution is 2.36. The first-order valence-electron chi connectivity index (χ1n) is 7.27. The van der Waals surface area contributed by atoms with Crippen LogP contribution < -0.4 is 14.8 Å². The van der Waals surface area contributed by atoms with E-state index in [-0.39, 0.29) is 0 Å². The van der Waals surface area contributed by atoms with Crippen molar-refractivity contribution in [3.05, 3.63) is 34.4 Å². The van der Waals surface area contributed by atoms with Gasteiger partial charge in [-0.3, -0.25) is 0 Å². The van der Waals surface area contributed by atoms with Gasteiger partial charge in [-0.15, -0.1) is 0 Å². The molecule has 1 aromatic carbocycles. The van der Waals surface area contributed by atoms with Gasteiger partial charge in [0.1, 0.15) is 6.61 Å². The van der Waals surface area contributed by atoms with Crippen LogP contribution in [0.3, 0.4) is 0 Å². The number of hydrogen-bond donors (Lipinski definition) is 1. The van der Waals surface area contributed by atoms with Crippen LogP contribution >= 0.6 is 11.6 Å². The van der Waals surface area contributed by atoms with Gasteiger partial charge in [0.15, 0.2) is 11.5 Å². The second kappa shape index (κ2) is 8.96. The van der Waals surface area contributed by atoms with E-state index in [2.05, 4.69) is 19.2 Å². The van der Waals surface area contributed by atoms with Gasteiger partial charge in [-0.25, -0.2) is 0 Å². The van der Waals surface area contributed by atoms with Crippen LogP contribution in [0, 0.1) is 5.92 Å². The molecule has 21 heavy (non-hydrogen) atoms. The molecular weight excluding hydrogens is 286 g/mol. The van der Waals surface area contributed by atoms with Gasteiger partial charge in [-0.1, -0.05) is 31.0 Å². The van der Waals surface area contributed by atoms with Crippen LogP contribution in [0.15, 0.2) is 23.8 Å². The highest BCUT2D eigenvalue weighted by atomic mass is 35.5. The number of hydrogen-bond acceptors (Lipinski definition) is 3. The number of benzene rings is 1. The Morgan fingerprint density at radius 1 is 1.33 bits per heavy atom. The number of methoxy groups -OCH3 is 1. The van der Waals surface area contributed by atoms with Crippen LogP contribution in [0.25, 0.3) is 0 Å². The smallest absolute Gasteiger partial charge is 0.180 e. The van der Waals surface area contributed by atoms with E-state index in [4.69, 9.17) is 21.1 Å². The van der Waals surface area contributed by atoms with Crippen LogP contribution in [0.4, 0.5) is 0 Å². The van der Waals surface area contributed by atoms with Crippen LogP contribution in [0.5, 0.6) is 11.5 Å².